The molecule has 1 saturated heterocycles. The van der Waals surface area contributed by atoms with Gasteiger partial charge >= 0.3 is 0 Å². The van der Waals surface area contributed by atoms with Gasteiger partial charge in [-0.25, -0.2) is 4.39 Å². The molecule has 1 aliphatic heterocycles. The van der Waals surface area contributed by atoms with E-state index < -0.39 is 25.2 Å². The Labute approximate surface area is 107 Å². The SMILES string of the molecule is [2H]C([2H])(c1c[nH]c2cccc(F)c12)[C@@H]1CCCN1C([2H])([2H])[2H]. The fourth-order valence-electron chi connectivity index (χ4n) is 2.35. The van der Waals surface area contributed by atoms with Crippen molar-refractivity contribution < 1.29 is 11.2 Å². The summed E-state index contributed by atoms with van der Waals surface area (Å²) in [6.45, 7) is -2.02. The summed E-state index contributed by atoms with van der Waals surface area (Å²) in [6.07, 6.45) is 0.551. The van der Waals surface area contributed by atoms with E-state index in [2.05, 4.69) is 4.98 Å². The lowest BCUT2D eigenvalue weighted by Crippen LogP contribution is -2.26. The quantitative estimate of drug-likeness (QED) is 0.851. The molecule has 1 fully saturated rings. The van der Waals surface area contributed by atoms with Crippen LogP contribution in [0.3, 0.4) is 0 Å². The fourth-order valence-corrected chi connectivity index (χ4v) is 2.35. The molecule has 1 aromatic heterocycles. The normalized spacial score (nSPS) is 27.4. The summed E-state index contributed by atoms with van der Waals surface area (Å²) >= 11 is 0. The second kappa shape index (κ2) is 4.15. The van der Waals surface area contributed by atoms with Crippen LogP contribution in [0.4, 0.5) is 4.39 Å². The molecule has 0 spiro atoms. The summed E-state index contributed by atoms with van der Waals surface area (Å²) in [5.41, 5.74) is 0.694. The van der Waals surface area contributed by atoms with Crippen molar-refractivity contribution in [3.63, 3.8) is 0 Å². The molecule has 0 bridgehead atoms. The molecule has 0 amide bonds. The van der Waals surface area contributed by atoms with E-state index >= 15 is 0 Å². The topological polar surface area (TPSA) is 19.0 Å². The number of likely N-dealkylation sites (tertiary alicyclic amines) is 1. The third kappa shape index (κ3) is 1.84. The second-order valence-electron chi connectivity index (χ2n) is 4.36. The first-order chi connectivity index (χ1) is 10.2. The number of nitrogens with one attached hydrogen (secondary N) is 1. The minimum Gasteiger partial charge on any atom is -0.361 e. The zero-order chi connectivity index (χ0) is 16.1. The zero-order valence-electron chi connectivity index (χ0n) is 14.3. The predicted octanol–water partition coefficient (Wildman–Crippen LogP) is 2.94. The lowest BCUT2D eigenvalue weighted by molar-refractivity contribution is 0.309. The first-order valence-corrected chi connectivity index (χ1v) is 5.76. The van der Waals surface area contributed by atoms with Crippen LogP contribution in [0.2, 0.25) is 0 Å². The van der Waals surface area contributed by atoms with Crippen LogP contribution in [0, 0.1) is 5.82 Å². The average Bonchev–Trinajstić information content (AvgIpc) is 3.06. The third-order valence-electron chi connectivity index (χ3n) is 3.23. The molecule has 1 aliphatic rings. The molecular weight excluding hydrogens is 215 g/mol. The van der Waals surface area contributed by atoms with Gasteiger partial charge in [-0.15, -0.1) is 0 Å². The van der Waals surface area contributed by atoms with Crippen LogP contribution in [-0.4, -0.2) is 29.4 Å². The van der Waals surface area contributed by atoms with Crippen LogP contribution in [0.15, 0.2) is 24.4 Å². The number of likely N-dealkylation sites (N-methyl/N-ethyl adjacent to an activating group) is 1. The van der Waals surface area contributed by atoms with Gasteiger partial charge in [0, 0.05) is 30.0 Å². The Morgan fingerprint density at radius 2 is 2.59 bits per heavy atom. The van der Waals surface area contributed by atoms with Crippen molar-refractivity contribution in [1.29, 1.82) is 0 Å². The Morgan fingerprint density at radius 1 is 1.65 bits per heavy atom. The number of H-pyrrole nitrogens is 1. The van der Waals surface area contributed by atoms with Gasteiger partial charge in [-0.2, -0.15) is 0 Å². The maximum Gasteiger partial charge on any atom is 0.132 e. The maximum absolute atomic E-state index is 14.1. The highest BCUT2D eigenvalue weighted by Gasteiger charge is 2.22. The number of rotatable bonds is 2. The van der Waals surface area contributed by atoms with Crippen molar-refractivity contribution in [2.75, 3.05) is 13.5 Å². The van der Waals surface area contributed by atoms with Gasteiger partial charge in [0.2, 0.25) is 0 Å². The number of nitrogens with zero attached hydrogens (tertiary/aromatic N) is 1. The molecule has 0 radical (unpaired) electrons. The molecule has 0 unspecified atom stereocenters. The number of fused-ring (bicyclic) bond motifs is 1. The first-order valence-electron chi connectivity index (χ1n) is 8.26. The number of hydrogen-bond donors (Lipinski definition) is 1. The molecule has 2 nitrogen and oxygen atoms in total. The van der Waals surface area contributed by atoms with E-state index in [0.29, 0.717) is 24.9 Å². The van der Waals surface area contributed by atoms with Crippen LogP contribution in [-0.2, 0) is 6.37 Å². The number of benzene rings is 1. The minimum absolute atomic E-state index is 0.182. The highest BCUT2D eigenvalue weighted by molar-refractivity contribution is 5.83. The zero-order valence-corrected chi connectivity index (χ0v) is 9.33. The van der Waals surface area contributed by atoms with Gasteiger partial charge < -0.3 is 9.88 Å². The largest absolute Gasteiger partial charge is 0.361 e. The molecule has 90 valence electrons. The maximum atomic E-state index is 14.1. The van der Waals surface area contributed by atoms with Crippen molar-refractivity contribution in [3.05, 3.63) is 35.8 Å². The summed E-state index contributed by atoms with van der Waals surface area (Å²) in [5, 5.41) is 0.199. The molecule has 17 heavy (non-hydrogen) atoms. The van der Waals surface area contributed by atoms with E-state index in [1.165, 1.54) is 17.2 Å². The van der Waals surface area contributed by atoms with Crippen LogP contribution in [0.1, 0.15) is 25.3 Å². The van der Waals surface area contributed by atoms with Crippen molar-refractivity contribution in [2.24, 2.45) is 0 Å². The van der Waals surface area contributed by atoms with Crippen LogP contribution < -0.4 is 0 Å². The molecule has 2 heterocycles. The van der Waals surface area contributed by atoms with Crippen molar-refractivity contribution in [1.82, 2.24) is 9.88 Å². The smallest absolute Gasteiger partial charge is 0.132 e. The van der Waals surface area contributed by atoms with Gasteiger partial charge in [-0.05, 0) is 50.4 Å². The molecule has 3 rings (SSSR count). The lowest BCUT2D eigenvalue weighted by Gasteiger charge is -2.18. The van der Waals surface area contributed by atoms with E-state index in [9.17, 15) is 4.39 Å². The monoisotopic (exact) mass is 237 g/mol. The Bertz CT molecular complexity index is 694. The van der Waals surface area contributed by atoms with E-state index in [1.54, 1.807) is 12.1 Å². The molecule has 1 N–H and O–H groups in total. The standard InChI is InChI=1S/C14H17FN2/c1-17-7-3-4-11(17)8-10-9-16-13-6-2-5-12(15)14(10)13/h2,5-6,9,11,16H,3-4,7-8H2,1H3/t11-/m0/s1/i1D3,8D2. The lowest BCUT2D eigenvalue weighted by atomic mass is 10.0. The average molecular weight is 237 g/mol. The molecule has 3 heteroatoms. The Balaban J connectivity index is 2.08. The number of hydrogen-bond acceptors (Lipinski definition) is 1. The van der Waals surface area contributed by atoms with Crippen LogP contribution in [0.5, 0.6) is 0 Å². The van der Waals surface area contributed by atoms with Gasteiger partial charge in [-0.1, -0.05) is 6.07 Å². The molecule has 1 atom stereocenters. The highest BCUT2D eigenvalue weighted by Crippen LogP contribution is 2.26. The van der Waals surface area contributed by atoms with Crippen LogP contribution >= 0.6 is 0 Å². The van der Waals surface area contributed by atoms with E-state index in [1.807, 2.05) is 0 Å². The summed E-state index contributed by atoms with van der Waals surface area (Å²) in [7, 11) is 0. The number of halogens is 1. The van der Waals surface area contributed by atoms with E-state index in [-0.39, 0.29) is 10.9 Å². The molecular formula is C14H17FN2. The fraction of sp³-hybridized carbons (Fsp3) is 0.429. The Kier molecular flexibility index (Phi) is 1.60. The summed E-state index contributed by atoms with van der Waals surface area (Å²) in [6, 6.07) is 3.72. The summed E-state index contributed by atoms with van der Waals surface area (Å²) in [4.78, 5) is 4.09. The van der Waals surface area contributed by atoms with Crippen LogP contribution in [0.25, 0.3) is 10.9 Å². The predicted molar refractivity (Wildman–Crippen MR) is 67.6 cm³/mol. The van der Waals surface area contributed by atoms with E-state index in [0.717, 1.165) is 0 Å². The molecule has 2 aromatic rings. The van der Waals surface area contributed by atoms with Gasteiger partial charge in [0.25, 0.3) is 0 Å². The van der Waals surface area contributed by atoms with Gasteiger partial charge in [-0.3, -0.25) is 0 Å². The van der Waals surface area contributed by atoms with Crippen molar-refractivity contribution >= 4 is 10.9 Å². The van der Waals surface area contributed by atoms with Gasteiger partial charge in [0.15, 0.2) is 0 Å². The summed E-state index contributed by atoms with van der Waals surface area (Å²) < 4.78 is 53.8. The molecule has 0 saturated carbocycles. The Hall–Kier alpha value is -1.35. The van der Waals surface area contributed by atoms with Crippen molar-refractivity contribution in [3.8, 4) is 0 Å². The van der Waals surface area contributed by atoms with Gasteiger partial charge in [0.1, 0.15) is 5.82 Å². The van der Waals surface area contributed by atoms with Gasteiger partial charge in [0.05, 0.1) is 0 Å². The first kappa shape index (κ1) is 6.55. The Morgan fingerprint density at radius 3 is 3.47 bits per heavy atom. The number of aromatic nitrogens is 1. The molecule has 1 aromatic carbocycles. The highest BCUT2D eigenvalue weighted by atomic mass is 19.1. The van der Waals surface area contributed by atoms with E-state index in [4.69, 9.17) is 6.85 Å². The molecule has 0 aliphatic carbocycles. The second-order valence-corrected chi connectivity index (χ2v) is 4.36. The third-order valence-corrected chi connectivity index (χ3v) is 3.23. The minimum atomic E-state index is -2.35. The number of aromatic amines is 1. The van der Waals surface area contributed by atoms with Crippen molar-refractivity contribution in [2.45, 2.75) is 25.3 Å². The summed E-state index contributed by atoms with van der Waals surface area (Å²) in [5.74, 6) is -0.504.